The lowest BCUT2D eigenvalue weighted by molar-refractivity contribution is -0.198. The van der Waals surface area contributed by atoms with E-state index in [1.807, 2.05) is 24.3 Å². The van der Waals surface area contributed by atoms with Crippen molar-refractivity contribution in [3.05, 3.63) is 34.3 Å². The first kappa shape index (κ1) is 20.6. The first-order valence-corrected chi connectivity index (χ1v) is 10.3. The van der Waals surface area contributed by atoms with E-state index in [-0.39, 0.29) is 11.8 Å². The van der Waals surface area contributed by atoms with Gasteiger partial charge in [0, 0.05) is 35.6 Å². The number of hydrogen-bond donors (Lipinski definition) is 1. The third kappa shape index (κ3) is 4.86. The predicted molar refractivity (Wildman–Crippen MR) is 100 cm³/mol. The first-order chi connectivity index (χ1) is 12.8. The summed E-state index contributed by atoms with van der Waals surface area (Å²) in [5, 5.41) is 2.87. The fourth-order valence-electron chi connectivity index (χ4n) is 4.37. The standard InChI is InChI=1S/C20H25BrF3NO2/c21-15-5-3-4-14(12-15)19(8-10-27-11-9-19)13-25-18(26)16-6-1-2-7-17(16)20(22,23)24/h3-5,12,16-17H,1-2,6-11,13H2,(H,25,26). The van der Waals surface area contributed by atoms with E-state index in [0.717, 1.165) is 22.9 Å². The second-order valence-corrected chi connectivity index (χ2v) is 8.58. The molecule has 3 rings (SSSR count). The zero-order chi connectivity index (χ0) is 19.5. The van der Waals surface area contributed by atoms with Crippen LogP contribution in [0.5, 0.6) is 0 Å². The summed E-state index contributed by atoms with van der Waals surface area (Å²) in [7, 11) is 0. The zero-order valence-corrected chi connectivity index (χ0v) is 16.7. The van der Waals surface area contributed by atoms with E-state index >= 15 is 0 Å². The van der Waals surface area contributed by atoms with E-state index in [2.05, 4.69) is 21.2 Å². The number of hydrogen-bond acceptors (Lipinski definition) is 2. The van der Waals surface area contributed by atoms with E-state index in [0.29, 0.717) is 39.0 Å². The molecule has 2 fully saturated rings. The molecular weight excluding hydrogens is 423 g/mol. The maximum absolute atomic E-state index is 13.3. The van der Waals surface area contributed by atoms with Gasteiger partial charge >= 0.3 is 6.18 Å². The Morgan fingerprint density at radius 3 is 2.59 bits per heavy atom. The van der Waals surface area contributed by atoms with Gasteiger partial charge in [0.05, 0.1) is 5.92 Å². The summed E-state index contributed by atoms with van der Waals surface area (Å²) in [6.07, 6.45) is -1.28. The van der Waals surface area contributed by atoms with Crippen LogP contribution in [-0.4, -0.2) is 31.8 Å². The molecule has 27 heavy (non-hydrogen) atoms. The molecule has 150 valence electrons. The molecule has 2 aliphatic rings. The van der Waals surface area contributed by atoms with E-state index in [4.69, 9.17) is 4.74 Å². The van der Waals surface area contributed by atoms with E-state index in [1.54, 1.807) is 0 Å². The van der Waals surface area contributed by atoms with Gasteiger partial charge in [-0.15, -0.1) is 0 Å². The molecule has 1 aliphatic heterocycles. The number of carbonyl (C=O) groups is 1. The average Bonchev–Trinajstić information content (AvgIpc) is 2.66. The fraction of sp³-hybridized carbons (Fsp3) is 0.650. The summed E-state index contributed by atoms with van der Waals surface area (Å²) in [5.41, 5.74) is 0.775. The lowest BCUT2D eigenvalue weighted by Gasteiger charge is -2.39. The molecule has 0 spiro atoms. The van der Waals surface area contributed by atoms with Gasteiger partial charge in [-0.05, 0) is 43.4 Å². The number of halogens is 4. The van der Waals surface area contributed by atoms with Crippen molar-refractivity contribution >= 4 is 21.8 Å². The third-order valence-electron chi connectivity index (χ3n) is 6.01. The van der Waals surface area contributed by atoms with Crippen LogP contribution in [0.1, 0.15) is 44.1 Å². The van der Waals surface area contributed by atoms with Crippen LogP contribution in [0.15, 0.2) is 28.7 Å². The summed E-state index contributed by atoms with van der Waals surface area (Å²) in [4.78, 5) is 12.7. The fourth-order valence-corrected chi connectivity index (χ4v) is 4.77. The molecule has 2 unspecified atom stereocenters. The number of amides is 1. The minimum Gasteiger partial charge on any atom is -0.381 e. The highest BCUT2D eigenvalue weighted by atomic mass is 79.9. The molecule has 2 atom stereocenters. The minimum atomic E-state index is -4.32. The lowest BCUT2D eigenvalue weighted by atomic mass is 9.73. The summed E-state index contributed by atoms with van der Waals surface area (Å²) < 4.78 is 46.4. The molecule has 1 aliphatic carbocycles. The van der Waals surface area contributed by atoms with Gasteiger partial charge in [0.2, 0.25) is 5.91 Å². The molecular formula is C20H25BrF3NO2. The molecule has 1 aromatic carbocycles. The van der Waals surface area contributed by atoms with Crippen molar-refractivity contribution < 1.29 is 22.7 Å². The topological polar surface area (TPSA) is 38.3 Å². The van der Waals surface area contributed by atoms with Crippen LogP contribution >= 0.6 is 15.9 Å². The van der Waals surface area contributed by atoms with Gasteiger partial charge in [0.15, 0.2) is 0 Å². The Labute approximate surface area is 166 Å². The Kier molecular flexibility index (Phi) is 6.51. The van der Waals surface area contributed by atoms with Gasteiger partial charge < -0.3 is 10.1 Å². The molecule has 1 saturated carbocycles. The van der Waals surface area contributed by atoms with Crippen molar-refractivity contribution in [3.8, 4) is 0 Å². The van der Waals surface area contributed by atoms with Crippen molar-refractivity contribution in [3.63, 3.8) is 0 Å². The van der Waals surface area contributed by atoms with Crippen LogP contribution in [0.4, 0.5) is 13.2 Å². The van der Waals surface area contributed by atoms with Crippen molar-refractivity contribution in [2.75, 3.05) is 19.8 Å². The van der Waals surface area contributed by atoms with Gasteiger partial charge in [0.25, 0.3) is 0 Å². The molecule has 1 N–H and O–H groups in total. The van der Waals surface area contributed by atoms with Crippen molar-refractivity contribution in [1.29, 1.82) is 0 Å². The van der Waals surface area contributed by atoms with Crippen LogP contribution in [-0.2, 0) is 14.9 Å². The van der Waals surface area contributed by atoms with E-state index < -0.39 is 23.9 Å². The van der Waals surface area contributed by atoms with Gasteiger partial charge in [-0.2, -0.15) is 13.2 Å². The largest absolute Gasteiger partial charge is 0.392 e. The molecule has 7 heteroatoms. The summed E-state index contributed by atoms with van der Waals surface area (Å²) in [5.74, 6) is -2.96. The van der Waals surface area contributed by atoms with E-state index in [9.17, 15) is 18.0 Å². The molecule has 0 aromatic heterocycles. The van der Waals surface area contributed by atoms with Crippen molar-refractivity contribution in [1.82, 2.24) is 5.32 Å². The first-order valence-electron chi connectivity index (χ1n) is 9.50. The smallest absolute Gasteiger partial charge is 0.381 e. The Balaban J connectivity index is 1.74. The minimum absolute atomic E-state index is 0.0478. The van der Waals surface area contributed by atoms with Crippen molar-refractivity contribution in [2.45, 2.75) is 50.1 Å². The predicted octanol–water partition coefficient (Wildman–Crippen LogP) is 4.98. The van der Waals surface area contributed by atoms with Crippen LogP contribution in [0.2, 0.25) is 0 Å². The highest BCUT2D eigenvalue weighted by Crippen LogP contribution is 2.42. The normalized spacial score (nSPS) is 25.8. The molecule has 1 heterocycles. The summed E-state index contributed by atoms with van der Waals surface area (Å²) >= 11 is 3.48. The van der Waals surface area contributed by atoms with Gasteiger partial charge in [-0.25, -0.2) is 0 Å². The number of carbonyl (C=O) groups excluding carboxylic acids is 1. The highest BCUT2D eigenvalue weighted by Gasteiger charge is 2.48. The monoisotopic (exact) mass is 447 g/mol. The molecule has 0 radical (unpaired) electrons. The molecule has 0 bridgehead atoms. The number of rotatable bonds is 4. The maximum atomic E-state index is 13.3. The number of benzene rings is 1. The summed E-state index contributed by atoms with van der Waals surface area (Å²) in [6, 6.07) is 7.92. The average molecular weight is 448 g/mol. The Bertz CT molecular complexity index is 659. The van der Waals surface area contributed by atoms with Crippen molar-refractivity contribution in [2.24, 2.45) is 11.8 Å². The second kappa shape index (κ2) is 8.52. The molecule has 1 amide bonds. The molecule has 3 nitrogen and oxygen atoms in total. The van der Waals surface area contributed by atoms with Crippen LogP contribution in [0.3, 0.4) is 0 Å². The molecule has 1 saturated heterocycles. The SMILES string of the molecule is O=C(NCC1(c2cccc(Br)c2)CCOCC1)C1CCCCC1C(F)(F)F. The van der Waals surface area contributed by atoms with Gasteiger partial charge in [-0.3, -0.25) is 4.79 Å². The van der Waals surface area contributed by atoms with Gasteiger partial charge in [0.1, 0.15) is 0 Å². The number of nitrogens with one attached hydrogen (secondary N) is 1. The van der Waals surface area contributed by atoms with Crippen LogP contribution < -0.4 is 5.32 Å². The zero-order valence-electron chi connectivity index (χ0n) is 15.2. The number of alkyl halides is 3. The van der Waals surface area contributed by atoms with Gasteiger partial charge in [-0.1, -0.05) is 40.9 Å². The van der Waals surface area contributed by atoms with Crippen LogP contribution in [0, 0.1) is 11.8 Å². The highest BCUT2D eigenvalue weighted by molar-refractivity contribution is 9.10. The Morgan fingerprint density at radius 1 is 1.22 bits per heavy atom. The summed E-state index contributed by atoms with van der Waals surface area (Å²) in [6.45, 7) is 1.50. The Hall–Kier alpha value is -1.08. The van der Waals surface area contributed by atoms with Crippen LogP contribution in [0.25, 0.3) is 0 Å². The quantitative estimate of drug-likeness (QED) is 0.706. The third-order valence-corrected chi connectivity index (χ3v) is 6.50. The lowest BCUT2D eigenvalue weighted by Crippen LogP contribution is -2.48. The number of ether oxygens (including phenoxy) is 1. The second-order valence-electron chi connectivity index (χ2n) is 7.66. The maximum Gasteiger partial charge on any atom is 0.392 e. The Morgan fingerprint density at radius 2 is 1.93 bits per heavy atom. The molecule has 1 aromatic rings. The van der Waals surface area contributed by atoms with E-state index in [1.165, 1.54) is 0 Å².